The third-order valence-corrected chi connectivity index (χ3v) is 3.62. The lowest BCUT2D eigenvalue weighted by Crippen LogP contribution is -2.33. The van der Waals surface area contributed by atoms with Gasteiger partial charge in [0.1, 0.15) is 17.2 Å². The fourth-order valence-electron chi connectivity index (χ4n) is 2.31. The Morgan fingerprint density at radius 1 is 1.25 bits per heavy atom. The first-order valence-electron chi connectivity index (χ1n) is 7.50. The molecular weight excluding hydrogens is 306 g/mol. The predicted molar refractivity (Wildman–Crippen MR) is 88.9 cm³/mol. The summed E-state index contributed by atoms with van der Waals surface area (Å²) in [7, 11) is 0. The average molecular weight is 321 g/mol. The number of furan rings is 1. The second kappa shape index (κ2) is 6.13. The number of carbonyl (C=O) groups excluding carboxylic acids is 1. The number of hydrogen-bond donors (Lipinski definition) is 0. The maximum atomic E-state index is 11.8. The highest BCUT2D eigenvalue weighted by Crippen LogP contribution is 2.31. The summed E-state index contributed by atoms with van der Waals surface area (Å²) in [6.07, 6.45) is 0. The number of esters is 1. The van der Waals surface area contributed by atoms with Gasteiger partial charge in [0.15, 0.2) is 0 Å². The molecule has 3 rings (SSSR count). The van der Waals surface area contributed by atoms with Gasteiger partial charge >= 0.3 is 5.97 Å². The summed E-state index contributed by atoms with van der Waals surface area (Å²) < 4.78 is 10.6. The quantitative estimate of drug-likeness (QED) is 0.522. The van der Waals surface area contributed by atoms with Crippen LogP contribution in [0.5, 0.6) is 0 Å². The number of benzene rings is 2. The van der Waals surface area contributed by atoms with E-state index >= 15 is 0 Å². The highest BCUT2D eigenvalue weighted by Gasteiger charge is 2.35. The Kier molecular flexibility index (Phi) is 4.00. The highest BCUT2D eigenvalue weighted by atomic mass is 16.5. The number of rotatable bonds is 4. The van der Waals surface area contributed by atoms with Crippen LogP contribution >= 0.6 is 0 Å². The van der Waals surface area contributed by atoms with Gasteiger partial charge in [-0.15, -0.1) is 0 Å². The third-order valence-electron chi connectivity index (χ3n) is 3.62. The van der Waals surface area contributed by atoms with Gasteiger partial charge in [-0.1, -0.05) is 18.2 Å². The smallest absolute Gasteiger partial charge is 0.350 e. The number of nitriles is 1. The lowest BCUT2D eigenvalue weighted by atomic mass is 10.1. The van der Waals surface area contributed by atoms with Crippen LogP contribution in [0.4, 0.5) is 5.69 Å². The lowest BCUT2D eigenvalue weighted by Gasteiger charge is -2.12. The summed E-state index contributed by atoms with van der Waals surface area (Å²) in [6, 6.07) is 14.9. The molecule has 0 aliphatic carbocycles. The Balaban J connectivity index is 1.96. The van der Waals surface area contributed by atoms with Gasteiger partial charge in [0.25, 0.3) is 5.54 Å². The Hall–Kier alpha value is -3.20. The van der Waals surface area contributed by atoms with Crippen LogP contribution in [0, 0.1) is 11.3 Å². The number of hydrogen-bond acceptors (Lipinski definition) is 6. The molecule has 1 heterocycles. The number of carbonyl (C=O) groups is 1. The monoisotopic (exact) mass is 321 g/mol. The van der Waals surface area contributed by atoms with Crippen LogP contribution < -0.4 is 0 Å². The van der Waals surface area contributed by atoms with Crippen molar-refractivity contribution in [3.63, 3.8) is 0 Å². The first-order chi connectivity index (χ1) is 11.6. The highest BCUT2D eigenvalue weighted by molar-refractivity contribution is 6.05. The van der Waals surface area contributed by atoms with E-state index in [4.69, 9.17) is 9.15 Å². The average Bonchev–Trinajstić information content (AvgIpc) is 2.97. The molecule has 0 bridgehead atoms. The molecule has 120 valence electrons. The summed E-state index contributed by atoms with van der Waals surface area (Å²) in [6.45, 7) is 3.22. The van der Waals surface area contributed by atoms with Crippen LogP contribution in [0.1, 0.15) is 13.8 Å². The van der Waals surface area contributed by atoms with E-state index in [0.717, 1.165) is 16.4 Å². The molecule has 24 heavy (non-hydrogen) atoms. The van der Waals surface area contributed by atoms with Gasteiger partial charge in [-0.05, 0) is 32.0 Å². The zero-order valence-corrected chi connectivity index (χ0v) is 13.3. The van der Waals surface area contributed by atoms with Crippen LogP contribution in [0.2, 0.25) is 0 Å². The van der Waals surface area contributed by atoms with Crippen molar-refractivity contribution in [2.24, 2.45) is 10.2 Å². The van der Waals surface area contributed by atoms with E-state index in [1.165, 1.54) is 6.92 Å². The molecular formula is C18H15N3O3. The van der Waals surface area contributed by atoms with Gasteiger partial charge in [-0.2, -0.15) is 15.5 Å². The fourth-order valence-corrected chi connectivity index (χ4v) is 2.31. The molecule has 6 nitrogen and oxygen atoms in total. The van der Waals surface area contributed by atoms with Gasteiger partial charge in [0.05, 0.1) is 12.3 Å². The van der Waals surface area contributed by atoms with E-state index in [1.807, 2.05) is 36.4 Å². The van der Waals surface area contributed by atoms with E-state index in [2.05, 4.69) is 10.2 Å². The maximum Gasteiger partial charge on any atom is 0.350 e. The Morgan fingerprint density at radius 3 is 2.75 bits per heavy atom. The van der Waals surface area contributed by atoms with Crippen molar-refractivity contribution < 1.29 is 13.9 Å². The van der Waals surface area contributed by atoms with Crippen molar-refractivity contribution in [1.82, 2.24) is 0 Å². The number of nitrogens with zero attached hydrogens (tertiary/aromatic N) is 3. The zero-order chi connectivity index (χ0) is 17.2. The van der Waals surface area contributed by atoms with Gasteiger partial charge < -0.3 is 9.15 Å². The Bertz CT molecular complexity index is 984. The topological polar surface area (TPSA) is 88.0 Å². The maximum absolute atomic E-state index is 11.8. The van der Waals surface area contributed by atoms with Gasteiger partial charge in [0, 0.05) is 16.8 Å². The van der Waals surface area contributed by atoms with E-state index in [0.29, 0.717) is 11.3 Å². The van der Waals surface area contributed by atoms with Crippen molar-refractivity contribution in [3.8, 4) is 6.07 Å². The minimum atomic E-state index is -1.67. The Labute approximate surface area is 138 Å². The predicted octanol–water partition coefficient (Wildman–Crippen LogP) is 4.52. The Morgan fingerprint density at radius 2 is 2.00 bits per heavy atom. The van der Waals surface area contributed by atoms with Crippen molar-refractivity contribution in [1.29, 1.82) is 5.26 Å². The molecule has 0 N–H and O–H groups in total. The molecule has 1 aromatic heterocycles. The molecule has 3 aromatic rings. The van der Waals surface area contributed by atoms with Crippen LogP contribution in [-0.4, -0.2) is 18.1 Å². The molecule has 0 aliphatic heterocycles. The van der Waals surface area contributed by atoms with Crippen LogP contribution in [0.3, 0.4) is 0 Å². The first-order valence-corrected chi connectivity index (χ1v) is 7.50. The number of ether oxygens (including phenoxy) is 1. The molecule has 1 atom stereocenters. The molecule has 1 unspecified atom stereocenters. The van der Waals surface area contributed by atoms with E-state index in [1.54, 1.807) is 19.1 Å². The SMILES string of the molecule is CCOC(=O)C(C)(C#N)N=Nc1ccc2c(c1)oc1ccccc12. The summed E-state index contributed by atoms with van der Waals surface area (Å²) in [5.41, 5.74) is 0.281. The molecule has 0 saturated heterocycles. The summed E-state index contributed by atoms with van der Waals surface area (Å²) in [4.78, 5) is 11.8. The first kappa shape index (κ1) is 15.7. The van der Waals surface area contributed by atoms with Crippen LogP contribution in [0.15, 0.2) is 57.1 Å². The number of fused-ring (bicyclic) bond motifs is 3. The molecule has 0 radical (unpaired) electrons. The second-order valence-electron chi connectivity index (χ2n) is 5.38. The molecule has 2 aromatic carbocycles. The summed E-state index contributed by atoms with van der Waals surface area (Å²) >= 11 is 0. The van der Waals surface area contributed by atoms with Gasteiger partial charge in [-0.25, -0.2) is 4.79 Å². The largest absolute Gasteiger partial charge is 0.463 e. The van der Waals surface area contributed by atoms with Crippen molar-refractivity contribution in [2.75, 3.05) is 6.61 Å². The lowest BCUT2D eigenvalue weighted by molar-refractivity contribution is -0.146. The molecule has 0 amide bonds. The number of para-hydroxylation sites is 1. The van der Waals surface area contributed by atoms with Crippen molar-refractivity contribution in [2.45, 2.75) is 19.4 Å². The van der Waals surface area contributed by atoms with E-state index < -0.39 is 11.5 Å². The van der Waals surface area contributed by atoms with Gasteiger partial charge in [0.2, 0.25) is 0 Å². The molecule has 0 saturated carbocycles. The van der Waals surface area contributed by atoms with E-state index in [9.17, 15) is 10.1 Å². The third kappa shape index (κ3) is 2.72. The minimum Gasteiger partial charge on any atom is -0.463 e. The van der Waals surface area contributed by atoms with Crippen molar-refractivity contribution in [3.05, 3.63) is 42.5 Å². The summed E-state index contributed by atoms with van der Waals surface area (Å²) in [5.74, 6) is -0.721. The van der Waals surface area contributed by atoms with Crippen molar-refractivity contribution >= 4 is 33.6 Å². The minimum absolute atomic E-state index is 0.177. The number of azo groups is 1. The molecule has 6 heteroatoms. The summed E-state index contributed by atoms with van der Waals surface area (Å²) in [5, 5.41) is 19.1. The molecule has 0 fully saturated rings. The zero-order valence-electron chi connectivity index (χ0n) is 13.3. The molecule has 0 spiro atoms. The van der Waals surface area contributed by atoms with E-state index in [-0.39, 0.29) is 6.61 Å². The molecule has 0 aliphatic rings. The van der Waals surface area contributed by atoms with Crippen LogP contribution in [0.25, 0.3) is 21.9 Å². The standard InChI is InChI=1S/C18H15N3O3/c1-3-23-17(22)18(2,11-19)21-20-12-8-9-14-13-6-4-5-7-15(13)24-16(14)10-12/h4-10H,3H2,1-2H3. The van der Waals surface area contributed by atoms with Gasteiger partial charge in [-0.3, -0.25) is 0 Å². The second-order valence-corrected chi connectivity index (χ2v) is 5.38. The fraction of sp³-hybridized carbons (Fsp3) is 0.222. The normalized spacial score (nSPS) is 13.9. The van der Waals surface area contributed by atoms with Crippen LogP contribution in [-0.2, 0) is 9.53 Å².